The standard InChI is InChI=1S/C32H44N6O6/c1-3-19(2)28(31(42)36-26(32(43)44)10-6-7-15-33)38-30(41)27(16-20-11-13-22(39)14-12-20)37-29(40)24(34)17-21-18-35-25-9-5-4-8-23(21)25/h4-5,8-9,11-14,18-19,24,26-28,35,39H,3,6-7,10,15-17,33-34H2,1-2H3,(H,36,42)(H,37,40)(H,38,41)(H,43,44). The van der Waals surface area contributed by atoms with Crippen molar-refractivity contribution in [3.05, 3.63) is 65.9 Å². The lowest BCUT2D eigenvalue weighted by atomic mass is 9.96. The number of carboxylic acids is 1. The lowest BCUT2D eigenvalue weighted by Crippen LogP contribution is -2.59. The molecule has 1 heterocycles. The molecule has 0 aliphatic rings. The van der Waals surface area contributed by atoms with Gasteiger partial charge in [0.05, 0.1) is 6.04 Å². The number of aliphatic carboxylic acids is 1. The maximum atomic E-state index is 13.7. The van der Waals surface area contributed by atoms with Crippen molar-refractivity contribution in [2.45, 2.75) is 76.5 Å². The van der Waals surface area contributed by atoms with Gasteiger partial charge in [-0.2, -0.15) is 0 Å². The van der Waals surface area contributed by atoms with Gasteiger partial charge in [-0.15, -0.1) is 0 Å². The minimum Gasteiger partial charge on any atom is -0.508 e. The van der Waals surface area contributed by atoms with Crippen LogP contribution in [-0.4, -0.2) is 69.6 Å². The smallest absolute Gasteiger partial charge is 0.326 e. The quantitative estimate of drug-likeness (QED) is 0.105. The molecule has 0 aliphatic carbocycles. The molecular weight excluding hydrogens is 564 g/mol. The Kier molecular flexibility index (Phi) is 12.7. The first-order valence-electron chi connectivity index (χ1n) is 15.0. The van der Waals surface area contributed by atoms with Crippen molar-refractivity contribution in [1.29, 1.82) is 0 Å². The van der Waals surface area contributed by atoms with E-state index in [-0.39, 0.29) is 30.9 Å². The fourth-order valence-corrected chi connectivity index (χ4v) is 4.95. The molecule has 2 aromatic carbocycles. The number of aromatic nitrogens is 1. The summed E-state index contributed by atoms with van der Waals surface area (Å²) in [7, 11) is 0. The van der Waals surface area contributed by atoms with E-state index in [0.717, 1.165) is 16.5 Å². The minimum absolute atomic E-state index is 0.0486. The molecule has 10 N–H and O–H groups in total. The number of H-pyrrole nitrogens is 1. The van der Waals surface area contributed by atoms with Gasteiger partial charge in [-0.3, -0.25) is 14.4 Å². The molecule has 0 radical (unpaired) electrons. The van der Waals surface area contributed by atoms with Crippen LogP contribution in [-0.2, 0) is 32.0 Å². The molecule has 0 saturated carbocycles. The second kappa shape index (κ2) is 16.4. The van der Waals surface area contributed by atoms with Gasteiger partial charge in [0.15, 0.2) is 0 Å². The Morgan fingerprint density at radius 3 is 2.23 bits per heavy atom. The van der Waals surface area contributed by atoms with Gasteiger partial charge in [0.2, 0.25) is 17.7 Å². The largest absolute Gasteiger partial charge is 0.508 e. The van der Waals surface area contributed by atoms with E-state index in [4.69, 9.17) is 11.5 Å². The Labute approximate surface area is 257 Å². The second-order valence-corrected chi connectivity index (χ2v) is 11.2. The van der Waals surface area contributed by atoms with Crippen molar-refractivity contribution in [2.24, 2.45) is 17.4 Å². The lowest BCUT2D eigenvalue weighted by molar-refractivity contribution is -0.143. The Morgan fingerprint density at radius 1 is 0.886 bits per heavy atom. The predicted octanol–water partition coefficient (Wildman–Crippen LogP) is 1.70. The number of carboxylic acid groups (broad SMARTS) is 1. The number of amides is 3. The number of nitrogens with two attached hydrogens (primary N) is 2. The number of para-hydroxylation sites is 1. The van der Waals surface area contributed by atoms with E-state index in [0.29, 0.717) is 31.4 Å². The fraction of sp³-hybridized carbons (Fsp3) is 0.438. The minimum atomic E-state index is -1.17. The van der Waals surface area contributed by atoms with Crippen LogP contribution < -0.4 is 27.4 Å². The molecule has 5 unspecified atom stereocenters. The average Bonchev–Trinajstić information content (AvgIpc) is 3.41. The monoisotopic (exact) mass is 608 g/mol. The summed E-state index contributed by atoms with van der Waals surface area (Å²) >= 11 is 0. The molecule has 44 heavy (non-hydrogen) atoms. The molecule has 238 valence electrons. The topological polar surface area (TPSA) is 213 Å². The van der Waals surface area contributed by atoms with Gasteiger partial charge in [-0.05, 0) is 67.5 Å². The first-order chi connectivity index (χ1) is 21.0. The van der Waals surface area contributed by atoms with Crippen LogP contribution in [0.15, 0.2) is 54.7 Å². The highest BCUT2D eigenvalue weighted by atomic mass is 16.4. The van der Waals surface area contributed by atoms with Gasteiger partial charge in [0.25, 0.3) is 0 Å². The summed E-state index contributed by atoms with van der Waals surface area (Å²) < 4.78 is 0. The summed E-state index contributed by atoms with van der Waals surface area (Å²) in [6.45, 7) is 4.04. The van der Waals surface area contributed by atoms with Gasteiger partial charge in [0.1, 0.15) is 23.9 Å². The van der Waals surface area contributed by atoms with Crippen molar-refractivity contribution in [1.82, 2.24) is 20.9 Å². The second-order valence-electron chi connectivity index (χ2n) is 11.2. The zero-order valence-electron chi connectivity index (χ0n) is 25.2. The number of phenols is 1. The summed E-state index contributed by atoms with van der Waals surface area (Å²) in [5, 5.41) is 28.3. The van der Waals surface area contributed by atoms with Gasteiger partial charge in [-0.1, -0.05) is 50.6 Å². The van der Waals surface area contributed by atoms with E-state index in [2.05, 4.69) is 20.9 Å². The number of phenolic OH excluding ortho intramolecular Hbond substituents is 1. The molecule has 0 aliphatic heterocycles. The van der Waals surface area contributed by atoms with E-state index in [1.165, 1.54) is 12.1 Å². The molecule has 12 heteroatoms. The summed E-state index contributed by atoms with van der Waals surface area (Å²) in [4.78, 5) is 55.3. The van der Waals surface area contributed by atoms with Gasteiger partial charge in [0, 0.05) is 23.5 Å². The highest BCUT2D eigenvalue weighted by Crippen LogP contribution is 2.19. The van der Waals surface area contributed by atoms with Crippen LogP contribution in [0.3, 0.4) is 0 Å². The van der Waals surface area contributed by atoms with Crippen molar-refractivity contribution in [3.63, 3.8) is 0 Å². The number of carbonyl (C=O) groups is 4. The van der Waals surface area contributed by atoms with Gasteiger partial charge in [-0.25, -0.2) is 4.79 Å². The van der Waals surface area contributed by atoms with Crippen LogP contribution in [0, 0.1) is 5.92 Å². The highest BCUT2D eigenvalue weighted by molar-refractivity contribution is 5.94. The molecule has 0 bridgehead atoms. The van der Waals surface area contributed by atoms with Gasteiger partial charge >= 0.3 is 5.97 Å². The molecule has 0 saturated heterocycles. The molecule has 0 fully saturated rings. The maximum absolute atomic E-state index is 13.7. The third kappa shape index (κ3) is 9.55. The molecular formula is C32H44N6O6. The molecule has 3 aromatic rings. The number of carbonyl (C=O) groups excluding carboxylic acids is 3. The molecule has 0 spiro atoms. The van der Waals surface area contributed by atoms with Crippen LogP contribution in [0.25, 0.3) is 10.9 Å². The number of aromatic amines is 1. The predicted molar refractivity (Wildman–Crippen MR) is 168 cm³/mol. The van der Waals surface area contributed by atoms with E-state index in [1.807, 2.05) is 31.2 Å². The maximum Gasteiger partial charge on any atom is 0.326 e. The molecule has 12 nitrogen and oxygen atoms in total. The number of hydrogen-bond acceptors (Lipinski definition) is 7. The SMILES string of the molecule is CCC(C)C(NC(=O)C(Cc1ccc(O)cc1)NC(=O)C(N)Cc1c[nH]c2ccccc12)C(=O)NC(CCCCN)C(=O)O. The van der Waals surface area contributed by atoms with E-state index >= 15 is 0 Å². The van der Waals surface area contributed by atoms with Crippen molar-refractivity contribution < 1.29 is 29.4 Å². The number of rotatable bonds is 17. The normalized spacial score (nSPS) is 14.6. The summed E-state index contributed by atoms with van der Waals surface area (Å²) in [5.41, 5.74) is 14.2. The summed E-state index contributed by atoms with van der Waals surface area (Å²) in [5.74, 6) is -3.27. The first kappa shape index (κ1) is 34.1. The van der Waals surface area contributed by atoms with Gasteiger partial charge < -0.3 is 42.6 Å². The third-order valence-electron chi connectivity index (χ3n) is 7.82. The Bertz CT molecular complexity index is 1410. The Morgan fingerprint density at radius 2 is 1.57 bits per heavy atom. The zero-order valence-corrected chi connectivity index (χ0v) is 25.2. The van der Waals surface area contributed by atoms with Crippen LogP contribution in [0.1, 0.15) is 50.7 Å². The number of benzene rings is 2. The lowest BCUT2D eigenvalue weighted by Gasteiger charge is -2.28. The zero-order chi connectivity index (χ0) is 32.2. The number of unbranched alkanes of at least 4 members (excludes halogenated alkanes) is 1. The number of fused-ring (bicyclic) bond motifs is 1. The van der Waals surface area contributed by atoms with Crippen molar-refractivity contribution >= 4 is 34.6 Å². The molecule has 5 atom stereocenters. The Balaban J connectivity index is 1.78. The summed E-state index contributed by atoms with van der Waals surface area (Å²) in [6.07, 6.45) is 3.94. The van der Waals surface area contributed by atoms with E-state index in [9.17, 15) is 29.4 Å². The third-order valence-corrected chi connectivity index (χ3v) is 7.82. The number of nitrogens with one attached hydrogen (secondary N) is 4. The first-order valence-corrected chi connectivity index (χ1v) is 15.0. The highest BCUT2D eigenvalue weighted by Gasteiger charge is 2.33. The fourth-order valence-electron chi connectivity index (χ4n) is 4.95. The number of aromatic hydroxyl groups is 1. The van der Waals surface area contributed by atoms with E-state index < -0.39 is 47.9 Å². The van der Waals surface area contributed by atoms with Crippen molar-refractivity contribution in [2.75, 3.05) is 6.54 Å². The van der Waals surface area contributed by atoms with Crippen molar-refractivity contribution in [3.8, 4) is 5.75 Å². The van der Waals surface area contributed by atoms with E-state index in [1.54, 1.807) is 25.3 Å². The average molecular weight is 609 g/mol. The van der Waals surface area contributed by atoms with Crippen LogP contribution in [0.4, 0.5) is 0 Å². The molecule has 1 aromatic heterocycles. The summed E-state index contributed by atoms with van der Waals surface area (Å²) in [6, 6.07) is 9.59. The number of hydrogen-bond donors (Lipinski definition) is 8. The van der Waals surface area contributed by atoms with Crippen LogP contribution >= 0.6 is 0 Å². The Hall–Kier alpha value is -4.42. The molecule has 3 amide bonds. The van der Waals surface area contributed by atoms with Crippen LogP contribution in [0.5, 0.6) is 5.75 Å². The molecule has 3 rings (SSSR count). The van der Waals surface area contributed by atoms with Crippen LogP contribution in [0.2, 0.25) is 0 Å².